The van der Waals surface area contributed by atoms with Crippen LogP contribution >= 0.6 is 12.4 Å². The lowest BCUT2D eigenvalue weighted by molar-refractivity contribution is -0.131. The van der Waals surface area contributed by atoms with Crippen molar-refractivity contribution in [3.05, 3.63) is 65.2 Å². The van der Waals surface area contributed by atoms with E-state index in [1.54, 1.807) is 0 Å². The maximum atomic E-state index is 12.5. The molecule has 5 nitrogen and oxygen atoms in total. The molecule has 2 aromatic carbocycles. The first kappa shape index (κ1) is 20.8. The highest BCUT2D eigenvalue weighted by atomic mass is 35.5. The lowest BCUT2D eigenvalue weighted by Gasteiger charge is -2.32. The number of carbonyl (C=O) groups excluding carboxylic acids is 2. The van der Waals surface area contributed by atoms with E-state index in [-0.39, 0.29) is 30.3 Å². The van der Waals surface area contributed by atoms with Gasteiger partial charge in [-0.1, -0.05) is 30.3 Å². The zero-order valence-corrected chi connectivity index (χ0v) is 16.3. The molecule has 0 aliphatic carbocycles. The van der Waals surface area contributed by atoms with Crippen LogP contribution < -0.4 is 11.1 Å². The third-order valence-electron chi connectivity index (χ3n) is 4.91. The number of carbonyl (C=O) groups is 2. The van der Waals surface area contributed by atoms with E-state index in [2.05, 4.69) is 5.32 Å². The van der Waals surface area contributed by atoms with Crippen LogP contribution in [0.5, 0.6) is 0 Å². The Bertz CT molecular complexity index is 784. The third-order valence-corrected chi connectivity index (χ3v) is 4.91. The quantitative estimate of drug-likeness (QED) is 0.792. The number of nitrogen functional groups attached to an aromatic ring is 1. The van der Waals surface area contributed by atoms with Crippen molar-refractivity contribution in [1.82, 2.24) is 10.2 Å². The van der Waals surface area contributed by atoms with Crippen molar-refractivity contribution in [3.63, 3.8) is 0 Å². The molecule has 3 rings (SSSR count). The van der Waals surface area contributed by atoms with Crippen molar-refractivity contribution < 1.29 is 9.59 Å². The van der Waals surface area contributed by atoms with Gasteiger partial charge in [-0.05, 0) is 49.1 Å². The Balaban J connectivity index is 0.00000261. The summed E-state index contributed by atoms with van der Waals surface area (Å²) in [5, 5.41) is 3.10. The highest BCUT2D eigenvalue weighted by Crippen LogP contribution is 2.15. The number of likely N-dealkylation sites (tertiary alicyclic amines) is 1. The number of hydrogen-bond donors (Lipinski definition) is 2. The normalized spacial score (nSPS) is 14.3. The maximum absolute atomic E-state index is 12.5. The number of nitrogens with one attached hydrogen (secondary N) is 1. The molecule has 0 unspecified atom stereocenters. The highest BCUT2D eigenvalue weighted by molar-refractivity contribution is 5.95. The van der Waals surface area contributed by atoms with Crippen molar-refractivity contribution in [1.29, 1.82) is 0 Å². The molecule has 27 heavy (non-hydrogen) atoms. The topological polar surface area (TPSA) is 75.4 Å². The summed E-state index contributed by atoms with van der Waals surface area (Å²) in [6.45, 7) is 3.28. The van der Waals surface area contributed by atoms with E-state index < -0.39 is 0 Å². The lowest BCUT2D eigenvalue weighted by Crippen LogP contribution is -2.47. The summed E-state index contributed by atoms with van der Waals surface area (Å²) in [6, 6.07) is 15.1. The summed E-state index contributed by atoms with van der Waals surface area (Å²) in [4.78, 5) is 26.8. The smallest absolute Gasteiger partial charge is 0.251 e. The summed E-state index contributed by atoms with van der Waals surface area (Å²) in [5.74, 6) is 0.0909. The summed E-state index contributed by atoms with van der Waals surface area (Å²) >= 11 is 0. The number of aryl methyl sites for hydroxylation is 1. The minimum atomic E-state index is -0.0326. The van der Waals surface area contributed by atoms with E-state index in [9.17, 15) is 9.59 Å². The number of anilines is 1. The van der Waals surface area contributed by atoms with Crippen LogP contribution in [0.15, 0.2) is 48.5 Å². The highest BCUT2D eigenvalue weighted by Gasteiger charge is 2.24. The molecule has 2 aromatic rings. The van der Waals surface area contributed by atoms with Crippen molar-refractivity contribution in [3.8, 4) is 0 Å². The standard InChI is InChI=1S/C21H25N3O2.ClH/c1-15-4-2-3-5-19(15)21(26)23-18-10-12-24(13-11-18)20(25)14-16-6-8-17(22)9-7-16;/h2-9,18H,10-14,22H2,1H3,(H,23,26);1H. The molecule has 1 saturated heterocycles. The van der Waals surface area contributed by atoms with E-state index in [0.29, 0.717) is 30.8 Å². The number of nitrogens with two attached hydrogens (primary N) is 1. The Morgan fingerprint density at radius 3 is 2.33 bits per heavy atom. The van der Waals surface area contributed by atoms with Crippen LogP contribution in [-0.4, -0.2) is 35.8 Å². The number of amides is 2. The summed E-state index contributed by atoms with van der Waals surface area (Å²) in [6.07, 6.45) is 1.96. The van der Waals surface area contributed by atoms with Gasteiger partial charge in [0.1, 0.15) is 0 Å². The van der Waals surface area contributed by atoms with E-state index >= 15 is 0 Å². The van der Waals surface area contributed by atoms with E-state index in [1.807, 2.05) is 60.4 Å². The number of benzene rings is 2. The van der Waals surface area contributed by atoms with Gasteiger partial charge in [0.25, 0.3) is 5.91 Å². The number of nitrogens with zero attached hydrogens (tertiary/aromatic N) is 1. The second-order valence-electron chi connectivity index (χ2n) is 6.86. The zero-order valence-electron chi connectivity index (χ0n) is 15.5. The molecule has 3 N–H and O–H groups in total. The van der Waals surface area contributed by atoms with Crippen LogP contribution in [0.1, 0.15) is 34.3 Å². The molecule has 0 atom stereocenters. The van der Waals surface area contributed by atoms with Crippen LogP contribution in [0.4, 0.5) is 5.69 Å². The molecule has 144 valence electrons. The number of halogens is 1. The molecular formula is C21H26ClN3O2. The predicted octanol–water partition coefficient (Wildman–Crippen LogP) is 2.96. The zero-order chi connectivity index (χ0) is 18.5. The van der Waals surface area contributed by atoms with Crippen LogP contribution in [0.3, 0.4) is 0 Å². The first-order valence-corrected chi connectivity index (χ1v) is 9.01. The maximum Gasteiger partial charge on any atom is 0.251 e. The summed E-state index contributed by atoms with van der Waals surface area (Å²) in [7, 11) is 0. The molecule has 0 radical (unpaired) electrons. The molecule has 1 aliphatic heterocycles. The third kappa shape index (κ3) is 5.47. The monoisotopic (exact) mass is 387 g/mol. The van der Waals surface area contributed by atoms with Crippen LogP contribution in [-0.2, 0) is 11.2 Å². The predicted molar refractivity (Wildman–Crippen MR) is 110 cm³/mol. The average Bonchev–Trinajstić information content (AvgIpc) is 2.64. The fourth-order valence-corrected chi connectivity index (χ4v) is 3.29. The Morgan fingerprint density at radius 1 is 1.07 bits per heavy atom. The largest absolute Gasteiger partial charge is 0.399 e. The lowest BCUT2D eigenvalue weighted by atomic mass is 10.0. The molecule has 1 fully saturated rings. The SMILES string of the molecule is Cc1ccccc1C(=O)NC1CCN(C(=O)Cc2ccc(N)cc2)CC1.Cl. The van der Waals surface area contributed by atoms with Gasteiger partial charge in [-0.2, -0.15) is 0 Å². The second kappa shape index (κ2) is 9.42. The second-order valence-corrected chi connectivity index (χ2v) is 6.86. The number of piperidine rings is 1. The molecule has 0 saturated carbocycles. The van der Waals surface area contributed by atoms with Crippen molar-refractivity contribution in [2.75, 3.05) is 18.8 Å². The number of rotatable bonds is 4. The Labute approximate surface area is 166 Å². The Morgan fingerprint density at radius 2 is 1.70 bits per heavy atom. The summed E-state index contributed by atoms with van der Waals surface area (Å²) < 4.78 is 0. The van der Waals surface area contributed by atoms with E-state index in [0.717, 1.165) is 24.0 Å². The fraction of sp³-hybridized carbons (Fsp3) is 0.333. The molecule has 0 aromatic heterocycles. The first-order valence-electron chi connectivity index (χ1n) is 9.01. The van der Waals surface area contributed by atoms with Gasteiger partial charge in [-0.25, -0.2) is 0 Å². The number of hydrogen-bond acceptors (Lipinski definition) is 3. The van der Waals surface area contributed by atoms with Gasteiger partial charge in [0.15, 0.2) is 0 Å². The van der Waals surface area contributed by atoms with Crippen molar-refractivity contribution >= 4 is 29.9 Å². The van der Waals surface area contributed by atoms with Crippen molar-refractivity contribution in [2.45, 2.75) is 32.2 Å². The molecule has 2 amide bonds. The molecular weight excluding hydrogens is 362 g/mol. The van der Waals surface area contributed by atoms with Gasteiger partial charge < -0.3 is 16.0 Å². The molecule has 1 heterocycles. The van der Waals surface area contributed by atoms with E-state index in [1.165, 1.54) is 0 Å². The molecule has 1 aliphatic rings. The van der Waals surface area contributed by atoms with Crippen molar-refractivity contribution in [2.24, 2.45) is 0 Å². The van der Waals surface area contributed by atoms with Crippen LogP contribution in [0.2, 0.25) is 0 Å². The van der Waals surface area contributed by atoms with Gasteiger partial charge in [0.2, 0.25) is 5.91 Å². The van der Waals surface area contributed by atoms with Crippen LogP contribution in [0.25, 0.3) is 0 Å². The Hall–Kier alpha value is -2.53. The van der Waals surface area contributed by atoms with E-state index in [4.69, 9.17) is 5.73 Å². The van der Waals surface area contributed by atoms with Gasteiger partial charge in [0, 0.05) is 30.4 Å². The summed E-state index contributed by atoms with van der Waals surface area (Å²) in [5.41, 5.74) is 9.04. The fourth-order valence-electron chi connectivity index (χ4n) is 3.29. The average molecular weight is 388 g/mol. The van der Waals surface area contributed by atoms with Gasteiger partial charge >= 0.3 is 0 Å². The Kier molecular flexibility index (Phi) is 7.25. The molecule has 6 heteroatoms. The van der Waals surface area contributed by atoms with Gasteiger partial charge in [0.05, 0.1) is 6.42 Å². The molecule has 0 spiro atoms. The van der Waals surface area contributed by atoms with Gasteiger partial charge in [-0.3, -0.25) is 9.59 Å². The van der Waals surface area contributed by atoms with Gasteiger partial charge in [-0.15, -0.1) is 12.4 Å². The first-order chi connectivity index (χ1) is 12.5. The van der Waals surface area contributed by atoms with Crippen LogP contribution in [0, 0.1) is 6.92 Å². The minimum absolute atomic E-state index is 0. The molecule has 0 bridgehead atoms. The minimum Gasteiger partial charge on any atom is -0.399 e.